The lowest BCUT2D eigenvalue weighted by molar-refractivity contribution is -0.302. The number of rotatable bonds is 51. The molecule has 7 unspecified atom stereocenters. The Hall–Kier alpha value is -3.67. The zero-order valence-corrected chi connectivity index (χ0v) is 48.7. The van der Waals surface area contributed by atoms with Crippen LogP contribution < -0.4 is 5.32 Å². The summed E-state index contributed by atoms with van der Waals surface area (Å²) in [5, 5.41) is 54.6. The molecule has 7 atom stereocenters. The Balaban J connectivity index is 2.28. The van der Waals surface area contributed by atoms with Crippen LogP contribution in [-0.2, 0) is 14.3 Å². The van der Waals surface area contributed by atoms with Crippen LogP contribution in [0.5, 0.6) is 0 Å². The first-order valence-electron chi connectivity index (χ1n) is 30.9. The Morgan fingerprint density at radius 1 is 0.455 bits per heavy atom. The van der Waals surface area contributed by atoms with E-state index in [4.69, 9.17) is 9.47 Å². The van der Waals surface area contributed by atoms with Crippen LogP contribution in [0, 0.1) is 0 Å². The number of nitrogens with one attached hydrogen (secondary N) is 1. The standard InChI is InChI=1S/C68H113NO8/c1-3-5-7-9-11-13-15-17-19-21-23-25-27-28-29-30-31-32-33-34-36-38-40-42-44-46-48-50-52-54-56-58-64(72)69-61(60-76-68-67(75)66(74)65(73)63(59-70)77-68)62(71)57-55-53-51-49-47-45-43-41-39-37-35-26-24-22-20-18-16-14-12-10-8-6-4-2/h5,7,11,13,17,19,23,25,28-29,31-32,34,36,40,42,46-49,55,57,61-63,65-68,70-71,73-75H,3-4,6,8-10,12,14-16,18,20-22,24,26-27,30,33,35,37-39,41,43-45,50-54,56,58-60H2,1-2H3,(H,69,72)/b7-5-,13-11-,19-17-,25-23-,29-28-,32-31-,36-34-,42-40-,48-46-,49-47+,57-55+. The molecule has 438 valence electrons. The minimum absolute atomic E-state index is 0.223. The highest BCUT2D eigenvalue weighted by Crippen LogP contribution is 2.23. The molecule has 0 aliphatic carbocycles. The van der Waals surface area contributed by atoms with Crippen molar-refractivity contribution in [2.75, 3.05) is 13.2 Å². The lowest BCUT2D eigenvalue weighted by Gasteiger charge is -2.40. The second-order valence-electron chi connectivity index (χ2n) is 20.8. The number of hydrogen-bond donors (Lipinski definition) is 6. The van der Waals surface area contributed by atoms with Gasteiger partial charge in [-0.3, -0.25) is 4.79 Å². The maximum atomic E-state index is 13.1. The first-order valence-corrected chi connectivity index (χ1v) is 30.9. The maximum absolute atomic E-state index is 13.1. The van der Waals surface area contributed by atoms with Crippen molar-refractivity contribution in [3.05, 3.63) is 134 Å². The van der Waals surface area contributed by atoms with Crippen LogP contribution in [0.15, 0.2) is 134 Å². The van der Waals surface area contributed by atoms with Crippen molar-refractivity contribution >= 4 is 5.91 Å². The van der Waals surface area contributed by atoms with E-state index in [1.54, 1.807) is 6.08 Å². The third-order valence-corrected chi connectivity index (χ3v) is 13.7. The summed E-state index contributed by atoms with van der Waals surface area (Å²) in [6.45, 7) is 3.63. The monoisotopic (exact) mass is 1070 g/mol. The number of aliphatic hydroxyl groups is 5. The van der Waals surface area contributed by atoms with Gasteiger partial charge in [0.15, 0.2) is 6.29 Å². The molecule has 0 aromatic heterocycles. The van der Waals surface area contributed by atoms with E-state index in [1.807, 2.05) is 6.08 Å². The lowest BCUT2D eigenvalue weighted by atomic mass is 9.99. The van der Waals surface area contributed by atoms with Crippen LogP contribution in [0.1, 0.15) is 232 Å². The van der Waals surface area contributed by atoms with Crippen LogP contribution in [0.25, 0.3) is 0 Å². The van der Waals surface area contributed by atoms with Gasteiger partial charge in [-0.1, -0.05) is 257 Å². The Labute approximate surface area is 471 Å². The molecule has 77 heavy (non-hydrogen) atoms. The molecule has 1 aliphatic heterocycles. The molecule has 0 bridgehead atoms. The van der Waals surface area contributed by atoms with Crippen LogP contribution in [-0.4, -0.2) is 87.5 Å². The number of hydrogen-bond acceptors (Lipinski definition) is 8. The summed E-state index contributed by atoms with van der Waals surface area (Å²) in [4.78, 5) is 13.1. The highest BCUT2D eigenvalue weighted by molar-refractivity contribution is 5.76. The molecule has 9 heteroatoms. The second-order valence-corrected chi connectivity index (χ2v) is 20.8. The fourth-order valence-electron chi connectivity index (χ4n) is 8.87. The first kappa shape index (κ1) is 71.3. The highest BCUT2D eigenvalue weighted by atomic mass is 16.7. The molecule has 0 radical (unpaired) electrons. The van der Waals surface area contributed by atoms with E-state index in [1.165, 1.54) is 109 Å². The fraction of sp³-hybridized carbons (Fsp3) is 0.662. The minimum atomic E-state index is -1.59. The van der Waals surface area contributed by atoms with Crippen molar-refractivity contribution in [1.82, 2.24) is 5.32 Å². The van der Waals surface area contributed by atoms with Gasteiger partial charge in [0.1, 0.15) is 24.4 Å². The number of unbranched alkanes of at least 4 members (excludes halogenated alkanes) is 21. The summed E-state index contributed by atoms with van der Waals surface area (Å²) in [5.74, 6) is -0.223. The summed E-state index contributed by atoms with van der Waals surface area (Å²) in [6, 6.07) is -0.851. The van der Waals surface area contributed by atoms with E-state index in [0.717, 1.165) is 96.3 Å². The molecule has 9 nitrogen and oxygen atoms in total. The largest absolute Gasteiger partial charge is 0.394 e. The summed E-state index contributed by atoms with van der Waals surface area (Å²) in [7, 11) is 0. The molecule has 1 amide bonds. The molecule has 1 rings (SSSR count). The maximum Gasteiger partial charge on any atom is 0.220 e. The van der Waals surface area contributed by atoms with Crippen molar-refractivity contribution < 1.29 is 39.8 Å². The normalized spacial score (nSPS) is 19.7. The number of carbonyl (C=O) groups is 1. The minimum Gasteiger partial charge on any atom is -0.394 e. The summed E-state index contributed by atoms with van der Waals surface area (Å²) >= 11 is 0. The predicted octanol–water partition coefficient (Wildman–Crippen LogP) is 16.1. The third kappa shape index (κ3) is 44.8. The van der Waals surface area contributed by atoms with Crippen molar-refractivity contribution in [3.8, 4) is 0 Å². The van der Waals surface area contributed by atoms with Gasteiger partial charge in [-0.2, -0.15) is 0 Å². The topological polar surface area (TPSA) is 149 Å². The van der Waals surface area contributed by atoms with Crippen molar-refractivity contribution in [3.63, 3.8) is 0 Å². The van der Waals surface area contributed by atoms with E-state index in [2.05, 4.69) is 141 Å². The predicted molar refractivity (Wildman–Crippen MR) is 327 cm³/mol. The number of aliphatic hydroxyl groups excluding tert-OH is 5. The summed E-state index contributed by atoms with van der Waals surface area (Å²) in [6.07, 6.45) is 78.1. The first-order chi connectivity index (χ1) is 37.8. The van der Waals surface area contributed by atoms with E-state index < -0.39 is 49.5 Å². The van der Waals surface area contributed by atoms with Crippen LogP contribution in [0.4, 0.5) is 0 Å². The van der Waals surface area contributed by atoms with Crippen molar-refractivity contribution in [2.45, 2.75) is 275 Å². The van der Waals surface area contributed by atoms with Gasteiger partial charge in [0, 0.05) is 6.42 Å². The number of allylic oxidation sites excluding steroid dienone is 21. The Morgan fingerprint density at radius 3 is 1.25 bits per heavy atom. The smallest absolute Gasteiger partial charge is 0.220 e. The Kier molecular flexibility index (Phi) is 51.5. The van der Waals surface area contributed by atoms with Crippen LogP contribution in [0.2, 0.25) is 0 Å². The quantitative estimate of drug-likeness (QED) is 0.0261. The van der Waals surface area contributed by atoms with Gasteiger partial charge in [0.2, 0.25) is 5.91 Å². The van der Waals surface area contributed by atoms with Gasteiger partial charge < -0.3 is 40.3 Å². The molecular weight excluding hydrogens is 959 g/mol. The fourth-order valence-corrected chi connectivity index (χ4v) is 8.87. The molecule has 0 aromatic rings. The third-order valence-electron chi connectivity index (χ3n) is 13.7. The molecule has 1 aliphatic rings. The zero-order chi connectivity index (χ0) is 55.8. The second kappa shape index (κ2) is 55.6. The number of ether oxygens (including phenoxy) is 2. The molecule has 1 fully saturated rings. The molecular formula is C68H113NO8. The summed E-state index contributed by atoms with van der Waals surface area (Å²) in [5.41, 5.74) is 0. The molecule has 6 N–H and O–H groups in total. The molecule has 0 aromatic carbocycles. The Bertz CT molecular complexity index is 1670. The Morgan fingerprint density at radius 2 is 0.818 bits per heavy atom. The van der Waals surface area contributed by atoms with E-state index in [9.17, 15) is 30.3 Å². The molecule has 0 saturated carbocycles. The van der Waals surface area contributed by atoms with Crippen molar-refractivity contribution in [2.24, 2.45) is 0 Å². The summed E-state index contributed by atoms with van der Waals surface area (Å²) < 4.78 is 11.3. The molecule has 1 saturated heterocycles. The van der Waals surface area contributed by atoms with Gasteiger partial charge in [0.05, 0.1) is 25.4 Å². The number of carbonyl (C=O) groups excluding carboxylic acids is 1. The average Bonchev–Trinajstić information content (AvgIpc) is 3.43. The van der Waals surface area contributed by atoms with Crippen molar-refractivity contribution in [1.29, 1.82) is 0 Å². The van der Waals surface area contributed by atoms with Gasteiger partial charge in [-0.15, -0.1) is 0 Å². The van der Waals surface area contributed by atoms with E-state index in [-0.39, 0.29) is 18.9 Å². The van der Waals surface area contributed by atoms with Gasteiger partial charge >= 0.3 is 0 Å². The number of amides is 1. The van der Waals surface area contributed by atoms with Gasteiger partial charge in [-0.25, -0.2) is 0 Å². The van der Waals surface area contributed by atoms with Gasteiger partial charge in [-0.05, 0) is 103 Å². The zero-order valence-electron chi connectivity index (χ0n) is 48.7. The van der Waals surface area contributed by atoms with Crippen LogP contribution >= 0.6 is 0 Å². The SMILES string of the molecule is CC/C=C\C/C=C\C/C=C\C/C=C\C/C=C\C/C=C\C/C=C\C/C=C\C/C=C\CCCCCC(=O)NC(COC1OC(CO)C(O)C(O)C1O)C(O)/C=C/CC/C=C/CCCCCCCCCCCCCCCCCCC. The molecule has 1 heterocycles. The highest BCUT2D eigenvalue weighted by Gasteiger charge is 2.44. The average molecular weight is 1070 g/mol. The van der Waals surface area contributed by atoms with Gasteiger partial charge in [0.25, 0.3) is 0 Å². The van der Waals surface area contributed by atoms with E-state index >= 15 is 0 Å². The van der Waals surface area contributed by atoms with E-state index in [0.29, 0.717) is 6.42 Å². The van der Waals surface area contributed by atoms with Crippen LogP contribution in [0.3, 0.4) is 0 Å². The molecule has 0 spiro atoms. The lowest BCUT2D eigenvalue weighted by Crippen LogP contribution is -2.60.